The van der Waals surface area contributed by atoms with Gasteiger partial charge in [0.2, 0.25) is 0 Å². The predicted octanol–water partition coefficient (Wildman–Crippen LogP) is 2.34. The minimum atomic E-state index is -0.0972. The van der Waals surface area contributed by atoms with Gasteiger partial charge in [-0.3, -0.25) is 0 Å². The Bertz CT molecular complexity index is 218. The molecule has 0 amide bonds. The molecule has 2 unspecified atom stereocenters. The van der Waals surface area contributed by atoms with Crippen molar-refractivity contribution in [2.75, 3.05) is 20.3 Å². The third kappa shape index (κ3) is 3.72. The van der Waals surface area contributed by atoms with E-state index in [1.54, 1.807) is 7.11 Å². The largest absolute Gasteiger partial charge is 0.379 e. The van der Waals surface area contributed by atoms with Crippen LogP contribution in [0.4, 0.5) is 0 Å². The van der Waals surface area contributed by atoms with E-state index in [-0.39, 0.29) is 11.2 Å². The number of methoxy groups -OCH3 is 1. The van der Waals surface area contributed by atoms with Gasteiger partial charge >= 0.3 is 0 Å². The molecule has 3 nitrogen and oxygen atoms in total. The Labute approximate surface area is 99.7 Å². The Morgan fingerprint density at radius 3 is 2.56 bits per heavy atom. The summed E-state index contributed by atoms with van der Waals surface area (Å²) < 4.78 is 11.4. The lowest BCUT2D eigenvalue weighted by Crippen LogP contribution is -2.39. The van der Waals surface area contributed by atoms with Gasteiger partial charge in [0.15, 0.2) is 0 Å². The average Bonchev–Trinajstić information content (AvgIpc) is 2.61. The molecule has 0 aromatic carbocycles. The minimum Gasteiger partial charge on any atom is -0.379 e. The quantitative estimate of drug-likeness (QED) is 0.760. The van der Waals surface area contributed by atoms with Crippen LogP contribution in [0.3, 0.4) is 0 Å². The molecule has 0 bridgehead atoms. The van der Waals surface area contributed by atoms with E-state index >= 15 is 0 Å². The highest BCUT2D eigenvalue weighted by molar-refractivity contribution is 4.90. The summed E-state index contributed by atoms with van der Waals surface area (Å²) in [6.45, 7) is 7.83. The summed E-state index contributed by atoms with van der Waals surface area (Å²) in [7, 11) is 1.75. The van der Waals surface area contributed by atoms with Crippen molar-refractivity contribution in [1.29, 1.82) is 0 Å². The predicted molar refractivity (Wildman–Crippen MR) is 66.5 cm³/mol. The molecule has 2 atom stereocenters. The van der Waals surface area contributed by atoms with Gasteiger partial charge in [-0.25, -0.2) is 0 Å². The molecule has 96 valence electrons. The van der Waals surface area contributed by atoms with Crippen molar-refractivity contribution in [3.05, 3.63) is 0 Å². The van der Waals surface area contributed by atoms with Crippen molar-refractivity contribution in [3.8, 4) is 0 Å². The van der Waals surface area contributed by atoms with Crippen LogP contribution in [-0.4, -0.2) is 31.5 Å². The van der Waals surface area contributed by atoms with Crippen molar-refractivity contribution < 1.29 is 9.47 Å². The summed E-state index contributed by atoms with van der Waals surface area (Å²) in [5, 5.41) is 0. The number of hydrogen-bond donors (Lipinski definition) is 1. The van der Waals surface area contributed by atoms with Crippen LogP contribution in [0.5, 0.6) is 0 Å². The summed E-state index contributed by atoms with van der Waals surface area (Å²) >= 11 is 0. The molecule has 1 aliphatic rings. The van der Waals surface area contributed by atoms with Crippen molar-refractivity contribution in [2.24, 2.45) is 11.7 Å². The van der Waals surface area contributed by atoms with Crippen LogP contribution in [-0.2, 0) is 9.47 Å². The van der Waals surface area contributed by atoms with E-state index in [2.05, 4.69) is 20.8 Å². The van der Waals surface area contributed by atoms with Gasteiger partial charge in [-0.2, -0.15) is 0 Å². The maximum absolute atomic E-state index is 6.04. The Kier molecular flexibility index (Phi) is 4.77. The molecule has 1 rings (SSSR count). The molecule has 0 aromatic rings. The molecule has 0 saturated heterocycles. The summed E-state index contributed by atoms with van der Waals surface area (Å²) in [5.41, 5.74) is 5.71. The molecule has 1 saturated carbocycles. The number of nitrogens with two attached hydrogens (primary N) is 1. The van der Waals surface area contributed by atoms with E-state index in [9.17, 15) is 0 Å². The zero-order valence-electron chi connectivity index (χ0n) is 11.2. The molecule has 0 aliphatic heterocycles. The monoisotopic (exact) mass is 229 g/mol. The lowest BCUT2D eigenvalue weighted by atomic mass is 10.00. The molecule has 2 N–H and O–H groups in total. The van der Waals surface area contributed by atoms with E-state index in [1.807, 2.05) is 0 Å². The third-order valence-electron chi connectivity index (χ3n) is 3.85. The first-order valence-electron chi connectivity index (χ1n) is 6.32. The number of ether oxygens (including phenoxy) is 2. The lowest BCUT2D eigenvalue weighted by molar-refractivity contribution is -0.0687. The zero-order valence-corrected chi connectivity index (χ0v) is 11.2. The second-order valence-corrected chi connectivity index (χ2v) is 5.80. The van der Waals surface area contributed by atoms with Gasteiger partial charge in [-0.1, -0.05) is 6.92 Å². The molecule has 0 spiro atoms. The van der Waals surface area contributed by atoms with Crippen LogP contribution in [0.25, 0.3) is 0 Å². The van der Waals surface area contributed by atoms with Crippen molar-refractivity contribution in [1.82, 2.24) is 0 Å². The fourth-order valence-electron chi connectivity index (χ4n) is 2.34. The van der Waals surface area contributed by atoms with Gasteiger partial charge in [0.05, 0.1) is 17.8 Å². The highest BCUT2D eigenvalue weighted by Gasteiger charge is 2.37. The van der Waals surface area contributed by atoms with E-state index in [1.165, 1.54) is 6.42 Å². The standard InChI is InChI=1S/C13H27NO2/c1-11-5-6-13(9-11,10-14)16-8-7-12(2,3)15-4/h11H,5-10,14H2,1-4H3. The maximum Gasteiger partial charge on any atom is 0.0806 e. The first-order chi connectivity index (χ1) is 7.43. The van der Waals surface area contributed by atoms with Crippen LogP contribution in [0.1, 0.15) is 46.5 Å². The molecule has 1 aliphatic carbocycles. The van der Waals surface area contributed by atoms with E-state index in [0.29, 0.717) is 6.54 Å². The minimum absolute atomic E-state index is 0.0523. The van der Waals surface area contributed by atoms with Crippen LogP contribution in [0, 0.1) is 5.92 Å². The normalized spacial score (nSPS) is 30.9. The molecule has 0 aromatic heterocycles. The Morgan fingerprint density at radius 2 is 2.12 bits per heavy atom. The Balaban J connectivity index is 2.35. The second kappa shape index (κ2) is 5.48. The van der Waals surface area contributed by atoms with Gasteiger partial charge in [-0.15, -0.1) is 0 Å². The van der Waals surface area contributed by atoms with Gasteiger partial charge in [-0.05, 0) is 45.4 Å². The summed E-state index contributed by atoms with van der Waals surface area (Å²) in [4.78, 5) is 0. The van der Waals surface area contributed by atoms with Crippen LogP contribution >= 0.6 is 0 Å². The number of hydrogen-bond acceptors (Lipinski definition) is 3. The van der Waals surface area contributed by atoms with Crippen molar-refractivity contribution >= 4 is 0 Å². The molecular formula is C13H27NO2. The lowest BCUT2D eigenvalue weighted by Gasteiger charge is -2.30. The van der Waals surface area contributed by atoms with Gasteiger partial charge in [0, 0.05) is 13.7 Å². The summed E-state index contributed by atoms with van der Waals surface area (Å²) in [6, 6.07) is 0. The third-order valence-corrected chi connectivity index (χ3v) is 3.85. The second-order valence-electron chi connectivity index (χ2n) is 5.80. The Morgan fingerprint density at radius 1 is 1.44 bits per heavy atom. The molecule has 0 radical (unpaired) electrons. The molecular weight excluding hydrogens is 202 g/mol. The highest BCUT2D eigenvalue weighted by atomic mass is 16.5. The van der Waals surface area contributed by atoms with Gasteiger partial charge in [0.1, 0.15) is 0 Å². The Hall–Kier alpha value is -0.120. The first kappa shape index (κ1) is 13.9. The fourth-order valence-corrected chi connectivity index (χ4v) is 2.34. The van der Waals surface area contributed by atoms with Gasteiger partial charge < -0.3 is 15.2 Å². The van der Waals surface area contributed by atoms with Crippen molar-refractivity contribution in [3.63, 3.8) is 0 Å². The average molecular weight is 229 g/mol. The van der Waals surface area contributed by atoms with E-state index < -0.39 is 0 Å². The molecule has 1 fully saturated rings. The molecule has 0 heterocycles. The van der Waals surface area contributed by atoms with Crippen LogP contribution in [0.15, 0.2) is 0 Å². The van der Waals surface area contributed by atoms with Crippen LogP contribution < -0.4 is 5.73 Å². The van der Waals surface area contributed by atoms with E-state index in [0.717, 1.165) is 31.8 Å². The van der Waals surface area contributed by atoms with Crippen LogP contribution in [0.2, 0.25) is 0 Å². The molecule has 3 heteroatoms. The maximum atomic E-state index is 6.04. The smallest absolute Gasteiger partial charge is 0.0806 e. The topological polar surface area (TPSA) is 44.5 Å². The van der Waals surface area contributed by atoms with Crippen molar-refractivity contribution in [2.45, 2.75) is 57.7 Å². The summed E-state index contributed by atoms with van der Waals surface area (Å²) in [5.74, 6) is 0.749. The highest BCUT2D eigenvalue weighted by Crippen LogP contribution is 2.36. The zero-order chi connectivity index (χ0) is 12.2. The first-order valence-corrected chi connectivity index (χ1v) is 6.32. The SMILES string of the molecule is COC(C)(C)CCOC1(CN)CCC(C)C1. The molecule has 16 heavy (non-hydrogen) atoms. The van der Waals surface area contributed by atoms with Gasteiger partial charge in [0.25, 0.3) is 0 Å². The fraction of sp³-hybridized carbons (Fsp3) is 1.00. The van der Waals surface area contributed by atoms with E-state index in [4.69, 9.17) is 15.2 Å². The summed E-state index contributed by atoms with van der Waals surface area (Å²) in [6.07, 6.45) is 4.37. The number of rotatable bonds is 6.